The van der Waals surface area contributed by atoms with E-state index in [-0.39, 0.29) is 5.91 Å². The van der Waals surface area contributed by atoms with E-state index >= 15 is 0 Å². The number of hydrogen-bond acceptors (Lipinski definition) is 2. The van der Waals surface area contributed by atoms with E-state index in [9.17, 15) is 4.79 Å². The van der Waals surface area contributed by atoms with Gasteiger partial charge in [-0.3, -0.25) is 4.79 Å². The number of likely N-dealkylation sites (tertiary alicyclic amines) is 1. The zero-order valence-electron chi connectivity index (χ0n) is 10.6. The van der Waals surface area contributed by atoms with Crippen LogP contribution in [0, 0.1) is 0 Å². The molecule has 1 aliphatic heterocycles. The Hall–Kier alpha value is -0.280. The molecule has 1 saturated heterocycles. The van der Waals surface area contributed by atoms with Crippen molar-refractivity contribution < 1.29 is 4.79 Å². The summed E-state index contributed by atoms with van der Waals surface area (Å²) in [5.41, 5.74) is 0. The first-order chi connectivity index (χ1) is 7.56. The Kier molecular flexibility index (Phi) is 5.56. The van der Waals surface area contributed by atoms with Crippen molar-refractivity contribution in [1.82, 2.24) is 9.80 Å². The minimum atomic E-state index is 0.179. The van der Waals surface area contributed by atoms with Gasteiger partial charge in [-0.15, -0.1) is 11.6 Å². The van der Waals surface area contributed by atoms with E-state index in [0.29, 0.717) is 24.4 Å². The number of carbonyl (C=O) groups is 1. The number of nitrogens with zero attached hydrogens (tertiary/aromatic N) is 2. The molecule has 1 amide bonds. The summed E-state index contributed by atoms with van der Waals surface area (Å²) in [5.74, 6) is 0.603. The summed E-state index contributed by atoms with van der Waals surface area (Å²) >= 11 is 5.59. The van der Waals surface area contributed by atoms with Gasteiger partial charge in [0.25, 0.3) is 0 Å². The molecule has 1 rings (SSSR count). The van der Waals surface area contributed by atoms with Crippen LogP contribution in [0.3, 0.4) is 0 Å². The standard InChI is InChI=1S/C12H23ClN2O/c1-10(2)15-8-5-11(6-9-15)14(3)12(16)4-7-13/h10-11H,4-9H2,1-3H3. The molecular formula is C12H23ClN2O. The van der Waals surface area contributed by atoms with Crippen LogP contribution in [0.15, 0.2) is 0 Å². The van der Waals surface area contributed by atoms with Gasteiger partial charge in [0.1, 0.15) is 0 Å². The summed E-state index contributed by atoms with van der Waals surface area (Å²) < 4.78 is 0. The molecule has 4 heteroatoms. The lowest BCUT2D eigenvalue weighted by Crippen LogP contribution is -2.47. The number of hydrogen-bond donors (Lipinski definition) is 0. The number of amides is 1. The van der Waals surface area contributed by atoms with Gasteiger partial charge in [-0.1, -0.05) is 0 Å². The maximum Gasteiger partial charge on any atom is 0.223 e. The van der Waals surface area contributed by atoms with E-state index in [1.165, 1.54) is 0 Å². The maximum absolute atomic E-state index is 11.7. The third kappa shape index (κ3) is 3.63. The lowest BCUT2D eigenvalue weighted by Gasteiger charge is -2.38. The molecule has 0 spiro atoms. The lowest BCUT2D eigenvalue weighted by molar-refractivity contribution is -0.132. The molecule has 0 aliphatic carbocycles. The van der Waals surface area contributed by atoms with Gasteiger partial charge in [0.15, 0.2) is 0 Å². The highest BCUT2D eigenvalue weighted by Gasteiger charge is 2.25. The van der Waals surface area contributed by atoms with Crippen molar-refractivity contribution in [3.63, 3.8) is 0 Å². The Morgan fingerprint density at radius 1 is 1.44 bits per heavy atom. The quantitative estimate of drug-likeness (QED) is 0.708. The molecule has 0 N–H and O–H groups in total. The van der Waals surface area contributed by atoms with Crippen molar-refractivity contribution in [3.05, 3.63) is 0 Å². The first-order valence-corrected chi connectivity index (χ1v) is 6.65. The molecule has 0 saturated carbocycles. The molecule has 16 heavy (non-hydrogen) atoms. The molecule has 0 unspecified atom stereocenters. The van der Waals surface area contributed by atoms with Crippen LogP contribution >= 0.6 is 11.6 Å². The summed E-state index contributed by atoms with van der Waals surface area (Å²) in [5, 5.41) is 0. The van der Waals surface area contributed by atoms with Gasteiger partial charge in [-0.25, -0.2) is 0 Å². The average molecular weight is 247 g/mol. The van der Waals surface area contributed by atoms with Crippen LogP contribution < -0.4 is 0 Å². The third-order valence-corrected chi connectivity index (χ3v) is 3.67. The summed E-state index contributed by atoms with van der Waals surface area (Å²) in [6.45, 7) is 6.65. The minimum absolute atomic E-state index is 0.179. The molecule has 0 aromatic rings. The van der Waals surface area contributed by atoms with E-state index in [0.717, 1.165) is 25.9 Å². The van der Waals surface area contributed by atoms with Gasteiger partial charge < -0.3 is 9.80 Å². The SMILES string of the molecule is CC(C)N1CCC(N(C)C(=O)CCCl)CC1. The summed E-state index contributed by atoms with van der Waals surface area (Å²) in [7, 11) is 1.91. The number of piperidine rings is 1. The third-order valence-electron chi connectivity index (χ3n) is 3.48. The maximum atomic E-state index is 11.7. The molecule has 0 aromatic heterocycles. The van der Waals surface area contributed by atoms with E-state index in [1.807, 2.05) is 11.9 Å². The van der Waals surface area contributed by atoms with Crippen LogP contribution in [0.1, 0.15) is 33.1 Å². The van der Waals surface area contributed by atoms with Gasteiger partial charge in [0, 0.05) is 44.5 Å². The highest BCUT2D eigenvalue weighted by Crippen LogP contribution is 2.17. The second-order valence-electron chi connectivity index (χ2n) is 4.80. The first-order valence-electron chi connectivity index (χ1n) is 6.12. The topological polar surface area (TPSA) is 23.6 Å². The molecule has 1 heterocycles. The monoisotopic (exact) mass is 246 g/mol. The van der Waals surface area contributed by atoms with Crippen LogP contribution in [0.25, 0.3) is 0 Å². The average Bonchev–Trinajstić information content (AvgIpc) is 2.28. The van der Waals surface area contributed by atoms with E-state index < -0.39 is 0 Å². The second-order valence-corrected chi connectivity index (χ2v) is 5.18. The minimum Gasteiger partial charge on any atom is -0.343 e. The molecule has 1 aliphatic rings. The Balaban J connectivity index is 2.38. The molecule has 1 fully saturated rings. The van der Waals surface area contributed by atoms with Crippen molar-refractivity contribution in [2.24, 2.45) is 0 Å². The smallest absolute Gasteiger partial charge is 0.223 e. The van der Waals surface area contributed by atoms with Gasteiger partial charge in [-0.2, -0.15) is 0 Å². The highest BCUT2D eigenvalue weighted by molar-refractivity contribution is 6.18. The Morgan fingerprint density at radius 2 is 2.00 bits per heavy atom. The first kappa shape index (κ1) is 13.8. The van der Waals surface area contributed by atoms with E-state index in [1.54, 1.807) is 0 Å². The van der Waals surface area contributed by atoms with Crippen LogP contribution in [0.4, 0.5) is 0 Å². The Labute approximate surface area is 104 Å². The van der Waals surface area contributed by atoms with Gasteiger partial charge in [0.05, 0.1) is 0 Å². The van der Waals surface area contributed by atoms with Crippen molar-refractivity contribution in [2.75, 3.05) is 26.0 Å². The largest absolute Gasteiger partial charge is 0.343 e. The summed E-state index contributed by atoms with van der Waals surface area (Å²) in [6.07, 6.45) is 2.63. The van der Waals surface area contributed by atoms with Crippen LogP contribution in [-0.4, -0.2) is 53.8 Å². The Morgan fingerprint density at radius 3 is 2.44 bits per heavy atom. The fraction of sp³-hybridized carbons (Fsp3) is 0.917. The van der Waals surface area contributed by atoms with Crippen molar-refractivity contribution in [1.29, 1.82) is 0 Å². The predicted octanol–water partition coefficient (Wildman–Crippen LogP) is 1.95. The fourth-order valence-corrected chi connectivity index (χ4v) is 2.41. The summed E-state index contributed by atoms with van der Waals surface area (Å²) in [4.78, 5) is 16.0. The lowest BCUT2D eigenvalue weighted by atomic mass is 10.0. The van der Waals surface area contributed by atoms with Crippen LogP contribution in [-0.2, 0) is 4.79 Å². The second kappa shape index (κ2) is 6.45. The van der Waals surface area contributed by atoms with Crippen LogP contribution in [0.5, 0.6) is 0 Å². The highest BCUT2D eigenvalue weighted by atomic mass is 35.5. The van der Waals surface area contributed by atoms with Crippen LogP contribution in [0.2, 0.25) is 0 Å². The molecule has 0 aromatic carbocycles. The molecule has 0 radical (unpaired) electrons. The zero-order valence-corrected chi connectivity index (χ0v) is 11.3. The molecule has 3 nitrogen and oxygen atoms in total. The summed E-state index contributed by atoms with van der Waals surface area (Å²) in [6, 6.07) is 1.02. The number of halogens is 1. The van der Waals surface area contributed by atoms with Crippen molar-refractivity contribution in [3.8, 4) is 0 Å². The zero-order chi connectivity index (χ0) is 12.1. The number of alkyl halides is 1. The van der Waals surface area contributed by atoms with Gasteiger partial charge in [-0.05, 0) is 26.7 Å². The van der Waals surface area contributed by atoms with E-state index in [4.69, 9.17) is 11.6 Å². The number of rotatable bonds is 4. The number of carbonyl (C=O) groups excluding carboxylic acids is 1. The Bertz CT molecular complexity index is 225. The van der Waals surface area contributed by atoms with Crippen molar-refractivity contribution in [2.45, 2.75) is 45.2 Å². The molecule has 0 atom stereocenters. The predicted molar refractivity (Wildman–Crippen MR) is 67.8 cm³/mol. The van der Waals surface area contributed by atoms with Gasteiger partial charge in [0.2, 0.25) is 5.91 Å². The van der Waals surface area contributed by atoms with Crippen molar-refractivity contribution >= 4 is 17.5 Å². The van der Waals surface area contributed by atoms with E-state index in [2.05, 4.69) is 18.7 Å². The fourth-order valence-electron chi connectivity index (χ4n) is 2.25. The molecular weight excluding hydrogens is 224 g/mol. The molecule has 0 bridgehead atoms. The normalized spacial score (nSPS) is 19.1. The molecule has 94 valence electrons. The van der Waals surface area contributed by atoms with Gasteiger partial charge >= 0.3 is 0 Å².